The number of ether oxygens (including phenoxy) is 5. The van der Waals surface area contributed by atoms with E-state index in [9.17, 15) is 9.59 Å². The van der Waals surface area contributed by atoms with Gasteiger partial charge in [-0.2, -0.15) is 0 Å². The predicted octanol–water partition coefficient (Wildman–Crippen LogP) is 6.42. The van der Waals surface area contributed by atoms with Crippen molar-refractivity contribution in [3.63, 3.8) is 0 Å². The Bertz CT molecular complexity index is 1330. The minimum absolute atomic E-state index is 0.0241. The molecule has 41 heavy (non-hydrogen) atoms. The van der Waals surface area contributed by atoms with Crippen molar-refractivity contribution in [1.82, 2.24) is 0 Å². The van der Waals surface area contributed by atoms with Crippen molar-refractivity contribution in [2.75, 3.05) is 34.5 Å². The van der Waals surface area contributed by atoms with E-state index >= 15 is 0 Å². The first-order valence-electron chi connectivity index (χ1n) is 14.4. The van der Waals surface area contributed by atoms with Crippen LogP contribution >= 0.6 is 0 Å². The van der Waals surface area contributed by atoms with Gasteiger partial charge in [0.1, 0.15) is 5.92 Å². The molecule has 220 valence electrons. The van der Waals surface area contributed by atoms with Gasteiger partial charge in [-0.05, 0) is 67.5 Å². The smallest absolute Gasteiger partial charge is 0.315 e. The average Bonchev–Trinajstić information content (AvgIpc) is 2.98. The second kappa shape index (κ2) is 13.7. The van der Waals surface area contributed by atoms with Crippen molar-refractivity contribution >= 4 is 17.5 Å². The monoisotopic (exact) mass is 563 g/mol. The Labute approximate surface area is 242 Å². The number of hydrogen-bond donors (Lipinski definition) is 0. The number of carbonyl (C=O) groups excluding carboxylic acids is 2. The highest BCUT2D eigenvalue weighted by atomic mass is 16.5. The molecule has 2 aromatic carbocycles. The van der Waals surface area contributed by atoms with Crippen LogP contribution in [0.2, 0.25) is 0 Å². The minimum Gasteiger partial charge on any atom is -0.493 e. The first-order chi connectivity index (χ1) is 19.9. The molecule has 4 rings (SSSR count). The highest BCUT2D eigenvalue weighted by Gasteiger charge is 2.45. The van der Waals surface area contributed by atoms with E-state index in [1.807, 2.05) is 57.2 Å². The van der Waals surface area contributed by atoms with Crippen LogP contribution in [0.1, 0.15) is 75.8 Å². The standard InChI is InChI=1S/C33H41NO7/c1-7-9-15-41-33(36)30-20(3)34-24-16-23(21-10-12-26(37-4)28(18-21)38-5)17-25(35)32(24)31(30)22-11-13-27(40-14-8-2)29(19-22)39-6/h10-13,18-19,23,30-31H,7-9,14-17H2,1-6H3/t23-,30?,31+/m0/s1. The molecule has 0 fully saturated rings. The lowest BCUT2D eigenvalue weighted by atomic mass is 9.69. The second-order valence-electron chi connectivity index (χ2n) is 10.5. The number of unbranched alkanes of at least 4 members (excludes halogenated alkanes) is 1. The van der Waals surface area contributed by atoms with E-state index in [2.05, 4.69) is 0 Å². The third-order valence-corrected chi connectivity index (χ3v) is 7.77. The molecule has 1 aliphatic carbocycles. The van der Waals surface area contributed by atoms with E-state index in [0.717, 1.165) is 30.4 Å². The third kappa shape index (κ3) is 6.42. The summed E-state index contributed by atoms with van der Waals surface area (Å²) in [7, 11) is 4.78. The molecule has 0 amide bonds. The minimum atomic E-state index is -0.709. The molecular formula is C33H41NO7. The van der Waals surface area contributed by atoms with Crippen molar-refractivity contribution in [3.8, 4) is 23.0 Å². The Morgan fingerprint density at radius 1 is 0.854 bits per heavy atom. The van der Waals surface area contributed by atoms with Crippen LogP contribution in [0.25, 0.3) is 0 Å². The Kier molecular flexibility index (Phi) is 10.1. The number of allylic oxidation sites excluding steroid dienone is 2. The molecule has 1 aliphatic heterocycles. The molecule has 8 heteroatoms. The van der Waals surface area contributed by atoms with Crippen LogP contribution in [-0.4, -0.2) is 52.0 Å². The number of hydrogen-bond acceptors (Lipinski definition) is 8. The third-order valence-electron chi connectivity index (χ3n) is 7.77. The lowest BCUT2D eigenvalue weighted by molar-refractivity contribution is -0.146. The summed E-state index contributed by atoms with van der Waals surface area (Å²) in [6.07, 6.45) is 3.41. The molecule has 0 radical (unpaired) electrons. The topological polar surface area (TPSA) is 92.7 Å². The molecular weight excluding hydrogens is 522 g/mol. The number of esters is 1. The molecule has 8 nitrogen and oxygen atoms in total. The molecule has 0 N–H and O–H groups in total. The van der Waals surface area contributed by atoms with Crippen LogP contribution in [0, 0.1) is 5.92 Å². The number of carbonyl (C=O) groups is 2. The van der Waals surface area contributed by atoms with Crippen molar-refractivity contribution in [1.29, 1.82) is 0 Å². The van der Waals surface area contributed by atoms with Crippen molar-refractivity contribution in [2.24, 2.45) is 10.9 Å². The summed E-state index contributed by atoms with van der Waals surface area (Å²) in [5.74, 6) is 0.720. The summed E-state index contributed by atoms with van der Waals surface area (Å²) < 4.78 is 28.1. The van der Waals surface area contributed by atoms with E-state index < -0.39 is 11.8 Å². The molecule has 0 saturated carbocycles. The van der Waals surface area contributed by atoms with Crippen LogP contribution in [0.5, 0.6) is 23.0 Å². The maximum absolute atomic E-state index is 14.0. The van der Waals surface area contributed by atoms with Gasteiger partial charge in [0.25, 0.3) is 0 Å². The fraction of sp³-hybridized carbons (Fsp3) is 0.485. The number of nitrogens with zero attached hydrogens (tertiary/aromatic N) is 1. The SMILES string of the molecule is CCCCOC(=O)C1C(C)=NC2=C(C(=O)C[C@@H](c3ccc(OC)c(OC)c3)C2)[C@@H]1c1ccc(OCCC)c(OC)c1. The quantitative estimate of drug-likeness (QED) is 0.217. The molecule has 2 aromatic rings. The largest absolute Gasteiger partial charge is 0.493 e. The highest BCUT2D eigenvalue weighted by molar-refractivity contribution is 6.09. The molecule has 2 aliphatic rings. The number of ketones is 1. The zero-order valence-corrected chi connectivity index (χ0v) is 25.0. The number of benzene rings is 2. The van der Waals surface area contributed by atoms with Gasteiger partial charge >= 0.3 is 5.97 Å². The van der Waals surface area contributed by atoms with E-state index in [1.54, 1.807) is 21.3 Å². The van der Waals surface area contributed by atoms with Gasteiger partial charge in [0.15, 0.2) is 28.8 Å². The van der Waals surface area contributed by atoms with Crippen molar-refractivity contribution in [3.05, 3.63) is 58.8 Å². The fourth-order valence-electron chi connectivity index (χ4n) is 5.68. The Hall–Kier alpha value is -3.81. The van der Waals surface area contributed by atoms with Crippen molar-refractivity contribution in [2.45, 2.75) is 64.7 Å². The maximum Gasteiger partial charge on any atom is 0.315 e. The van der Waals surface area contributed by atoms with Gasteiger partial charge in [-0.3, -0.25) is 14.6 Å². The summed E-state index contributed by atoms with van der Waals surface area (Å²) in [6, 6.07) is 11.4. The van der Waals surface area contributed by atoms with Crippen LogP contribution in [0.15, 0.2) is 52.7 Å². The van der Waals surface area contributed by atoms with Gasteiger partial charge in [-0.15, -0.1) is 0 Å². The van der Waals surface area contributed by atoms with Crippen LogP contribution in [-0.2, 0) is 14.3 Å². The first kappa shape index (κ1) is 30.2. The van der Waals surface area contributed by atoms with E-state index in [4.69, 9.17) is 28.7 Å². The van der Waals surface area contributed by atoms with Gasteiger partial charge in [0.05, 0.1) is 34.5 Å². The lowest BCUT2D eigenvalue weighted by Gasteiger charge is -2.36. The van der Waals surface area contributed by atoms with Crippen LogP contribution in [0.3, 0.4) is 0 Å². The summed E-state index contributed by atoms with van der Waals surface area (Å²) in [5.41, 5.74) is 3.71. The Balaban J connectivity index is 1.77. The molecule has 0 aromatic heterocycles. The summed E-state index contributed by atoms with van der Waals surface area (Å²) in [6.45, 7) is 6.83. The van der Waals surface area contributed by atoms with Gasteiger partial charge in [-0.25, -0.2) is 0 Å². The summed E-state index contributed by atoms with van der Waals surface area (Å²) >= 11 is 0. The fourth-order valence-corrected chi connectivity index (χ4v) is 5.68. The lowest BCUT2D eigenvalue weighted by Crippen LogP contribution is -2.38. The second-order valence-corrected chi connectivity index (χ2v) is 10.5. The molecule has 1 unspecified atom stereocenters. The van der Waals surface area contributed by atoms with E-state index in [-0.39, 0.29) is 17.7 Å². The van der Waals surface area contributed by atoms with Gasteiger partial charge in [0.2, 0.25) is 0 Å². The first-order valence-corrected chi connectivity index (χ1v) is 14.4. The molecule has 0 saturated heterocycles. The van der Waals surface area contributed by atoms with E-state index in [0.29, 0.717) is 66.0 Å². The van der Waals surface area contributed by atoms with Crippen molar-refractivity contribution < 1.29 is 33.3 Å². The van der Waals surface area contributed by atoms with Gasteiger partial charge in [-0.1, -0.05) is 32.4 Å². The highest BCUT2D eigenvalue weighted by Crippen LogP contribution is 2.48. The average molecular weight is 564 g/mol. The predicted molar refractivity (Wildman–Crippen MR) is 158 cm³/mol. The van der Waals surface area contributed by atoms with Gasteiger partial charge < -0.3 is 23.7 Å². The number of methoxy groups -OCH3 is 3. The molecule has 3 atom stereocenters. The Morgan fingerprint density at radius 3 is 2.20 bits per heavy atom. The van der Waals surface area contributed by atoms with Crippen LogP contribution in [0.4, 0.5) is 0 Å². The zero-order valence-electron chi connectivity index (χ0n) is 25.0. The summed E-state index contributed by atoms with van der Waals surface area (Å²) in [4.78, 5) is 32.4. The zero-order chi connectivity index (χ0) is 29.5. The summed E-state index contributed by atoms with van der Waals surface area (Å²) in [5, 5.41) is 0. The number of aliphatic imine (C=N–C) groups is 1. The molecule has 0 spiro atoms. The Morgan fingerprint density at radius 2 is 1.51 bits per heavy atom. The van der Waals surface area contributed by atoms with E-state index in [1.165, 1.54) is 0 Å². The van der Waals surface area contributed by atoms with Gasteiger partial charge in [0, 0.05) is 29.3 Å². The molecule has 1 heterocycles. The number of rotatable bonds is 12. The number of Topliss-reactive ketones (excluding diaryl/α,β-unsaturated/α-hetero) is 1. The maximum atomic E-state index is 14.0. The normalized spacial score (nSPS) is 20.2. The van der Waals surface area contributed by atoms with Crippen LogP contribution < -0.4 is 18.9 Å². The molecule has 0 bridgehead atoms.